The summed E-state index contributed by atoms with van der Waals surface area (Å²) >= 11 is 0. The number of carbonyl (C=O) groups is 1. The standard InChI is InChI=1S/C16H17F3N4O/c1-9-20-10(2)23(21-9)12-4-3-5-22(8-12)16(24)15-13(18)6-11(17)7-14(15)19/h6-7,12H,3-5,8H2,1-2H3/t12-/m1/s1. The summed E-state index contributed by atoms with van der Waals surface area (Å²) in [5.74, 6) is -2.84. The van der Waals surface area contributed by atoms with E-state index in [1.54, 1.807) is 11.6 Å². The Kier molecular flexibility index (Phi) is 4.29. The zero-order valence-corrected chi connectivity index (χ0v) is 13.4. The van der Waals surface area contributed by atoms with Gasteiger partial charge in [-0.2, -0.15) is 5.10 Å². The second-order valence-corrected chi connectivity index (χ2v) is 5.94. The lowest BCUT2D eigenvalue weighted by Crippen LogP contribution is -2.41. The summed E-state index contributed by atoms with van der Waals surface area (Å²) in [5, 5.41) is 4.32. The highest BCUT2D eigenvalue weighted by Gasteiger charge is 2.30. The second kappa shape index (κ2) is 6.26. The molecule has 1 aromatic carbocycles. The minimum atomic E-state index is -1.19. The minimum Gasteiger partial charge on any atom is -0.336 e. The number of hydrogen-bond donors (Lipinski definition) is 0. The molecule has 2 heterocycles. The first-order chi connectivity index (χ1) is 11.4. The van der Waals surface area contributed by atoms with E-state index in [4.69, 9.17) is 0 Å². The number of amides is 1. The minimum absolute atomic E-state index is 0.101. The molecule has 24 heavy (non-hydrogen) atoms. The number of likely N-dealkylation sites (tertiary alicyclic amines) is 1. The smallest absolute Gasteiger partial charge is 0.259 e. The van der Waals surface area contributed by atoms with Crippen molar-refractivity contribution in [3.8, 4) is 0 Å². The molecule has 0 radical (unpaired) electrons. The number of hydrogen-bond acceptors (Lipinski definition) is 3. The van der Waals surface area contributed by atoms with E-state index in [-0.39, 0.29) is 12.6 Å². The third-order valence-electron chi connectivity index (χ3n) is 4.16. The molecule has 5 nitrogen and oxygen atoms in total. The van der Waals surface area contributed by atoms with Crippen molar-refractivity contribution in [1.29, 1.82) is 0 Å². The van der Waals surface area contributed by atoms with Crippen molar-refractivity contribution in [1.82, 2.24) is 19.7 Å². The van der Waals surface area contributed by atoms with Gasteiger partial charge in [0.25, 0.3) is 5.91 Å². The predicted molar refractivity (Wildman–Crippen MR) is 80.0 cm³/mol. The molecular formula is C16H17F3N4O. The van der Waals surface area contributed by atoms with Gasteiger partial charge in [-0.1, -0.05) is 0 Å². The highest BCUT2D eigenvalue weighted by Crippen LogP contribution is 2.25. The lowest BCUT2D eigenvalue weighted by atomic mass is 10.0. The van der Waals surface area contributed by atoms with Gasteiger partial charge in [-0.3, -0.25) is 4.79 Å². The van der Waals surface area contributed by atoms with Crippen molar-refractivity contribution in [2.75, 3.05) is 13.1 Å². The van der Waals surface area contributed by atoms with Crippen LogP contribution in [0.3, 0.4) is 0 Å². The molecule has 0 unspecified atom stereocenters. The third kappa shape index (κ3) is 3.00. The monoisotopic (exact) mass is 338 g/mol. The number of carbonyl (C=O) groups excluding carboxylic acids is 1. The summed E-state index contributed by atoms with van der Waals surface area (Å²) in [6.45, 7) is 4.26. The Labute approximate surface area is 137 Å². The fourth-order valence-corrected chi connectivity index (χ4v) is 3.13. The summed E-state index contributed by atoms with van der Waals surface area (Å²) < 4.78 is 42.5. The van der Waals surface area contributed by atoms with Crippen molar-refractivity contribution in [2.45, 2.75) is 32.7 Å². The lowest BCUT2D eigenvalue weighted by Gasteiger charge is -2.33. The first-order valence-electron chi connectivity index (χ1n) is 7.70. The van der Waals surface area contributed by atoms with Crippen LogP contribution in [0.1, 0.15) is 40.9 Å². The van der Waals surface area contributed by atoms with Crippen LogP contribution in [0.4, 0.5) is 13.2 Å². The Morgan fingerprint density at radius 1 is 1.21 bits per heavy atom. The predicted octanol–water partition coefficient (Wildman–Crippen LogP) is 2.79. The molecule has 0 saturated carbocycles. The Bertz CT molecular complexity index is 767. The number of aromatic nitrogens is 3. The average Bonchev–Trinajstić information content (AvgIpc) is 2.85. The third-order valence-corrected chi connectivity index (χ3v) is 4.16. The highest BCUT2D eigenvalue weighted by atomic mass is 19.1. The molecule has 2 aromatic rings. The van der Waals surface area contributed by atoms with Crippen LogP contribution >= 0.6 is 0 Å². The molecule has 1 aliphatic heterocycles. The van der Waals surface area contributed by atoms with E-state index in [1.807, 2.05) is 6.92 Å². The van der Waals surface area contributed by atoms with Gasteiger partial charge in [0.1, 0.15) is 34.7 Å². The number of benzene rings is 1. The van der Waals surface area contributed by atoms with Crippen LogP contribution in [0.15, 0.2) is 12.1 Å². The van der Waals surface area contributed by atoms with Crippen LogP contribution in [0, 0.1) is 31.3 Å². The number of rotatable bonds is 2. The van der Waals surface area contributed by atoms with Gasteiger partial charge in [-0.25, -0.2) is 22.8 Å². The summed E-state index contributed by atoms with van der Waals surface area (Å²) in [6, 6.07) is 0.932. The topological polar surface area (TPSA) is 51.0 Å². The van der Waals surface area contributed by atoms with Crippen LogP contribution in [0.2, 0.25) is 0 Å². The number of halogens is 3. The second-order valence-electron chi connectivity index (χ2n) is 5.94. The Balaban J connectivity index is 1.85. The van der Waals surface area contributed by atoms with E-state index < -0.39 is 28.9 Å². The molecule has 128 valence electrons. The molecule has 1 aliphatic rings. The van der Waals surface area contributed by atoms with E-state index in [0.717, 1.165) is 12.2 Å². The van der Waals surface area contributed by atoms with Gasteiger partial charge in [-0.15, -0.1) is 0 Å². The van der Waals surface area contributed by atoms with Gasteiger partial charge in [0.15, 0.2) is 0 Å². The molecule has 0 spiro atoms. The molecule has 0 aliphatic carbocycles. The van der Waals surface area contributed by atoms with Crippen molar-refractivity contribution >= 4 is 5.91 Å². The first kappa shape index (κ1) is 16.5. The largest absolute Gasteiger partial charge is 0.336 e. The first-order valence-corrected chi connectivity index (χ1v) is 7.70. The molecule has 1 fully saturated rings. The maximum Gasteiger partial charge on any atom is 0.259 e. The molecule has 3 rings (SSSR count). The lowest BCUT2D eigenvalue weighted by molar-refractivity contribution is 0.0661. The zero-order chi connectivity index (χ0) is 17.4. The maximum atomic E-state index is 13.8. The normalized spacial score (nSPS) is 18.0. The van der Waals surface area contributed by atoms with E-state index in [1.165, 1.54) is 4.90 Å². The van der Waals surface area contributed by atoms with Crippen LogP contribution in [0.5, 0.6) is 0 Å². The average molecular weight is 338 g/mol. The quantitative estimate of drug-likeness (QED) is 0.846. The van der Waals surface area contributed by atoms with Crippen molar-refractivity contribution in [3.05, 3.63) is 46.8 Å². The van der Waals surface area contributed by atoms with E-state index in [2.05, 4.69) is 10.1 Å². The summed E-state index contributed by atoms with van der Waals surface area (Å²) in [6.07, 6.45) is 1.47. The van der Waals surface area contributed by atoms with Gasteiger partial charge >= 0.3 is 0 Å². The fraction of sp³-hybridized carbons (Fsp3) is 0.438. The summed E-state index contributed by atoms with van der Waals surface area (Å²) in [5.41, 5.74) is -0.719. The van der Waals surface area contributed by atoms with Crippen LogP contribution in [-0.2, 0) is 0 Å². The Morgan fingerprint density at radius 2 is 1.88 bits per heavy atom. The SMILES string of the molecule is Cc1nc(C)n([C@@H]2CCCN(C(=O)c3c(F)cc(F)cc3F)C2)n1. The van der Waals surface area contributed by atoms with Crippen LogP contribution in [-0.4, -0.2) is 38.7 Å². The van der Waals surface area contributed by atoms with Gasteiger partial charge in [0.05, 0.1) is 6.04 Å². The van der Waals surface area contributed by atoms with Crippen LogP contribution < -0.4 is 0 Å². The molecule has 0 N–H and O–H groups in total. The summed E-state index contributed by atoms with van der Waals surface area (Å²) in [4.78, 5) is 18.1. The Morgan fingerprint density at radius 3 is 2.46 bits per heavy atom. The molecule has 1 saturated heterocycles. The molecule has 1 atom stereocenters. The number of nitrogens with zero attached hydrogens (tertiary/aromatic N) is 4. The van der Waals surface area contributed by atoms with E-state index in [0.29, 0.717) is 30.9 Å². The van der Waals surface area contributed by atoms with Crippen molar-refractivity contribution in [3.63, 3.8) is 0 Å². The highest BCUT2D eigenvalue weighted by molar-refractivity contribution is 5.94. The Hall–Kier alpha value is -2.38. The molecular weight excluding hydrogens is 321 g/mol. The van der Waals surface area contributed by atoms with E-state index in [9.17, 15) is 18.0 Å². The maximum absolute atomic E-state index is 13.8. The van der Waals surface area contributed by atoms with Crippen molar-refractivity contribution < 1.29 is 18.0 Å². The van der Waals surface area contributed by atoms with E-state index >= 15 is 0 Å². The molecule has 0 bridgehead atoms. The van der Waals surface area contributed by atoms with Crippen molar-refractivity contribution in [2.24, 2.45) is 0 Å². The molecule has 8 heteroatoms. The molecule has 1 aromatic heterocycles. The van der Waals surface area contributed by atoms with Crippen LogP contribution in [0.25, 0.3) is 0 Å². The van der Waals surface area contributed by atoms with Gasteiger partial charge in [0.2, 0.25) is 0 Å². The van der Waals surface area contributed by atoms with Gasteiger partial charge in [-0.05, 0) is 26.7 Å². The van der Waals surface area contributed by atoms with Gasteiger partial charge < -0.3 is 4.90 Å². The molecule has 1 amide bonds. The zero-order valence-electron chi connectivity index (χ0n) is 13.4. The summed E-state index contributed by atoms with van der Waals surface area (Å²) in [7, 11) is 0. The number of aryl methyl sites for hydroxylation is 2. The van der Waals surface area contributed by atoms with Gasteiger partial charge in [0, 0.05) is 25.2 Å². The fourth-order valence-electron chi connectivity index (χ4n) is 3.13. The number of piperidine rings is 1.